The van der Waals surface area contributed by atoms with Gasteiger partial charge in [0.25, 0.3) is 0 Å². The number of hydrogen-bond acceptors (Lipinski definition) is 1. The van der Waals surface area contributed by atoms with Crippen molar-refractivity contribution in [3.8, 4) is 61.3 Å². The second-order valence-electron chi connectivity index (χ2n) is 22.2. The van der Waals surface area contributed by atoms with E-state index in [1.165, 1.54) is 117 Å². The van der Waals surface area contributed by atoms with Crippen molar-refractivity contribution in [2.24, 2.45) is 0 Å². The van der Waals surface area contributed by atoms with Crippen LogP contribution in [0.3, 0.4) is 0 Å². The normalized spacial score (nSPS) is 14.7. The van der Waals surface area contributed by atoms with Crippen molar-refractivity contribution in [1.82, 2.24) is 4.57 Å². The Morgan fingerprint density at radius 3 is 1.49 bits per heavy atom. The highest BCUT2D eigenvalue weighted by molar-refractivity contribution is 6.13. The molecule has 2 aliphatic carbocycles. The Morgan fingerprint density at radius 2 is 0.744 bits per heavy atom. The van der Waals surface area contributed by atoms with Crippen LogP contribution in [0.4, 0.5) is 17.1 Å². The highest BCUT2D eigenvalue weighted by atomic mass is 15.1. The van der Waals surface area contributed by atoms with Gasteiger partial charge in [-0.15, -0.1) is 0 Å². The molecule has 2 nitrogen and oxygen atoms in total. The molecule has 3 aliphatic rings. The number of fused-ring (bicyclic) bond motifs is 15. The third-order valence-corrected chi connectivity index (χ3v) is 18.3. The van der Waals surface area contributed by atoms with E-state index in [1.54, 1.807) is 0 Å². The van der Waals surface area contributed by atoms with Crippen LogP contribution >= 0.6 is 0 Å². The number of nitrogens with zero attached hydrogens (tertiary/aromatic N) is 2. The average Bonchev–Trinajstić information content (AvgIpc) is 2.75. The monoisotopic (exact) mass is 1040 g/mol. The molecule has 82 heavy (non-hydrogen) atoms. The average molecular weight is 1040 g/mol. The number of para-hydroxylation sites is 4. The van der Waals surface area contributed by atoms with Crippen molar-refractivity contribution >= 4 is 38.9 Å². The first-order valence-electron chi connectivity index (χ1n) is 28.6. The molecule has 2 heteroatoms. The van der Waals surface area contributed by atoms with Crippen LogP contribution in [0.25, 0.3) is 83.1 Å². The minimum atomic E-state index is -0.578. The Bertz CT molecular complexity index is 4840. The van der Waals surface area contributed by atoms with Crippen molar-refractivity contribution in [3.63, 3.8) is 0 Å². The summed E-state index contributed by atoms with van der Waals surface area (Å²) < 4.78 is 2.53. The predicted molar refractivity (Wildman–Crippen MR) is 340 cm³/mol. The van der Waals surface area contributed by atoms with E-state index in [0.29, 0.717) is 0 Å². The van der Waals surface area contributed by atoms with E-state index in [2.05, 4.69) is 325 Å². The number of benzene rings is 13. The van der Waals surface area contributed by atoms with E-state index in [0.717, 1.165) is 28.2 Å². The van der Waals surface area contributed by atoms with E-state index in [1.807, 2.05) is 0 Å². The number of hydrogen-bond donors (Lipinski definition) is 0. The van der Waals surface area contributed by atoms with Crippen LogP contribution in [-0.4, -0.2) is 4.57 Å². The summed E-state index contributed by atoms with van der Waals surface area (Å²) in [6.07, 6.45) is 0. The van der Waals surface area contributed by atoms with Gasteiger partial charge in [0.2, 0.25) is 0 Å². The molecular weight excluding hydrogens is 989 g/mol. The van der Waals surface area contributed by atoms with Gasteiger partial charge in [0, 0.05) is 27.7 Å². The maximum absolute atomic E-state index is 2.53. The maximum Gasteiger partial charge on any atom is 0.0754 e. The highest BCUT2D eigenvalue weighted by Gasteiger charge is 2.51. The Kier molecular flexibility index (Phi) is 10.2. The molecule has 2 heterocycles. The molecule has 382 valence electrons. The van der Waals surface area contributed by atoms with Gasteiger partial charge >= 0.3 is 0 Å². The Balaban J connectivity index is 0.904. The van der Waals surface area contributed by atoms with Crippen molar-refractivity contribution in [1.29, 1.82) is 0 Å². The van der Waals surface area contributed by atoms with Gasteiger partial charge in [-0.05, 0) is 143 Å². The summed E-state index contributed by atoms with van der Waals surface area (Å²) in [5.74, 6) is 0. The minimum absolute atomic E-state index is 0.566. The fourth-order valence-corrected chi connectivity index (χ4v) is 15.0. The van der Waals surface area contributed by atoms with E-state index >= 15 is 0 Å². The SMILES string of the molecule is c1ccc(-c2ccccc2-c2ccccc2N(c2cccc(-c3ccc4c(c3)C3(c5ccccc5-4)c4ccccc4-n4c5ccccc5c5cccc3c54)c2)c2ccc3c(c2)C(c2ccccc2)(c2ccccc2)c2ccccc2-3)cc1. The third-order valence-electron chi connectivity index (χ3n) is 18.3. The molecule has 0 fully saturated rings. The molecule has 0 saturated heterocycles. The highest BCUT2D eigenvalue weighted by Crippen LogP contribution is 2.62. The molecule has 0 amide bonds. The van der Waals surface area contributed by atoms with Crippen molar-refractivity contribution in [2.45, 2.75) is 10.8 Å². The number of anilines is 3. The van der Waals surface area contributed by atoms with Crippen LogP contribution in [0.2, 0.25) is 0 Å². The van der Waals surface area contributed by atoms with Crippen LogP contribution < -0.4 is 4.90 Å². The second-order valence-corrected chi connectivity index (χ2v) is 22.2. The maximum atomic E-state index is 2.53. The van der Waals surface area contributed by atoms with Gasteiger partial charge in [-0.25, -0.2) is 0 Å². The van der Waals surface area contributed by atoms with Crippen molar-refractivity contribution < 1.29 is 0 Å². The molecule has 0 saturated carbocycles. The topological polar surface area (TPSA) is 8.17 Å². The Hall–Kier alpha value is -10.5. The Morgan fingerprint density at radius 1 is 0.256 bits per heavy atom. The van der Waals surface area contributed by atoms with E-state index in [9.17, 15) is 0 Å². The molecule has 1 aromatic heterocycles. The van der Waals surface area contributed by atoms with Crippen molar-refractivity contribution in [2.75, 3.05) is 4.90 Å². The summed E-state index contributed by atoms with van der Waals surface area (Å²) in [6, 6.07) is 118. The van der Waals surface area contributed by atoms with Gasteiger partial charge < -0.3 is 9.47 Å². The largest absolute Gasteiger partial charge is 0.310 e. The first-order chi connectivity index (χ1) is 40.7. The first-order valence-corrected chi connectivity index (χ1v) is 28.6. The van der Waals surface area contributed by atoms with Gasteiger partial charge in [-0.2, -0.15) is 0 Å². The third kappa shape index (κ3) is 6.40. The predicted octanol–water partition coefficient (Wildman–Crippen LogP) is 20.3. The molecule has 13 aromatic carbocycles. The standard InChI is InChI=1S/C80H52N2/c1-4-24-53(25-5-1)60-32-10-11-33-61(60)66-36-14-19-43-75(66)81(59-47-49-65-62-34-12-16-39-69(62)79(74(65)52-59,56-27-6-2-7-28-56)57-29-8-3-9-30-57)58-31-22-26-54(50-58)55-46-48-64-63-35-13-17-40-70(63)80(73(64)51-55)71-41-18-21-45-77(71)82-76-44-20-15-37-67(76)68-38-23-42-72(80)78(68)82/h1-52H. The fourth-order valence-electron chi connectivity index (χ4n) is 15.0. The number of aromatic nitrogens is 1. The Labute approximate surface area is 477 Å². The van der Waals surface area contributed by atoms with Crippen LogP contribution in [0.5, 0.6) is 0 Å². The van der Waals surface area contributed by atoms with E-state index < -0.39 is 10.8 Å². The lowest BCUT2D eigenvalue weighted by molar-refractivity contribution is 0.749. The number of rotatable bonds is 8. The molecule has 0 N–H and O–H groups in total. The van der Waals surface area contributed by atoms with Crippen LogP contribution in [0, 0.1) is 0 Å². The molecule has 14 aromatic rings. The summed E-state index contributed by atoms with van der Waals surface area (Å²) in [6.45, 7) is 0. The molecule has 17 rings (SSSR count). The summed E-state index contributed by atoms with van der Waals surface area (Å²) in [7, 11) is 0. The molecule has 1 aliphatic heterocycles. The molecule has 1 unspecified atom stereocenters. The van der Waals surface area contributed by atoms with Gasteiger partial charge in [0.15, 0.2) is 0 Å². The van der Waals surface area contributed by atoms with Crippen molar-refractivity contribution in [3.05, 3.63) is 360 Å². The van der Waals surface area contributed by atoms with Gasteiger partial charge in [0.05, 0.1) is 33.2 Å². The summed E-state index contributed by atoms with van der Waals surface area (Å²) in [5.41, 5.74) is 28.2. The second kappa shape index (κ2) is 18.0. The smallest absolute Gasteiger partial charge is 0.0754 e. The van der Waals surface area contributed by atoms with E-state index in [-0.39, 0.29) is 0 Å². The quantitative estimate of drug-likeness (QED) is 0.147. The zero-order chi connectivity index (χ0) is 53.9. The molecule has 1 atom stereocenters. The lowest BCUT2D eigenvalue weighted by Crippen LogP contribution is -2.33. The summed E-state index contributed by atoms with van der Waals surface area (Å²) >= 11 is 0. The zero-order valence-electron chi connectivity index (χ0n) is 44.9. The van der Waals surface area contributed by atoms with Crippen LogP contribution in [-0.2, 0) is 10.8 Å². The van der Waals surface area contributed by atoms with Crippen LogP contribution in [0.1, 0.15) is 44.5 Å². The minimum Gasteiger partial charge on any atom is -0.310 e. The zero-order valence-corrected chi connectivity index (χ0v) is 44.9. The molecule has 1 spiro atoms. The van der Waals surface area contributed by atoms with Crippen LogP contribution in [0.15, 0.2) is 315 Å². The summed E-state index contributed by atoms with van der Waals surface area (Å²) in [4.78, 5) is 2.52. The van der Waals surface area contributed by atoms with Gasteiger partial charge in [-0.1, -0.05) is 267 Å². The molecular formula is C80H52N2. The molecule has 0 radical (unpaired) electrons. The summed E-state index contributed by atoms with van der Waals surface area (Å²) in [5, 5.41) is 2.56. The first kappa shape index (κ1) is 46.4. The molecule has 0 bridgehead atoms. The van der Waals surface area contributed by atoms with E-state index in [4.69, 9.17) is 0 Å². The van der Waals surface area contributed by atoms with Gasteiger partial charge in [0.1, 0.15) is 0 Å². The lowest BCUT2D eigenvalue weighted by atomic mass is 9.65. The lowest BCUT2D eigenvalue weighted by Gasteiger charge is -2.39. The fraction of sp³-hybridized carbons (Fsp3) is 0.0250. The van der Waals surface area contributed by atoms with Gasteiger partial charge in [-0.3, -0.25) is 0 Å².